The fourth-order valence-electron chi connectivity index (χ4n) is 2.00. The SMILES string of the molecule is CC(C)CC(CNC(=O)CNC1CC1)CC(=O)O. The Bertz CT molecular complexity index is 288. The minimum atomic E-state index is -0.800. The maximum Gasteiger partial charge on any atom is 0.303 e. The van der Waals surface area contributed by atoms with Crippen LogP contribution >= 0.6 is 0 Å². The van der Waals surface area contributed by atoms with Gasteiger partial charge in [-0.05, 0) is 31.1 Å². The number of carbonyl (C=O) groups excluding carboxylic acids is 1. The molecule has 1 fully saturated rings. The van der Waals surface area contributed by atoms with Gasteiger partial charge in [0.25, 0.3) is 0 Å². The van der Waals surface area contributed by atoms with E-state index in [0.29, 0.717) is 25.0 Å². The molecule has 104 valence electrons. The van der Waals surface area contributed by atoms with Gasteiger partial charge in [-0.25, -0.2) is 0 Å². The molecule has 0 bridgehead atoms. The van der Waals surface area contributed by atoms with Crippen molar-refractivity contribution < 1.29 is 14.7 Å². The molecule has 5 nitrogen and oxygen atoms in total. The standard InChI is InChI=1S/C13H24N2O3/c1-9(2)5-10(6-13(17)18)7-15-12(16)8-14-11-3-4-11/h9-11,14H,3-8H2,1-2H3,(H,15,16)(H,17,18). The molecule has 1 aliphatic rings. The van der Waals surface area contributed by atoms with Crippen LogP contribution in [0.25, 0.3) is 0 Å². The number of carboxylic acids is 1. The fraction of sp³-hybridized carbons (Fsp3) is 0.846. The number of aliphatic carboxylic acids is 1. The van der Waals surface area contributed by atoms with Gasteiger partial charge < -0.3 is 15.7 Å². The number of nitrogens with one attached hydrogen (secondary N) is 2. The molecule has 1 saturated carbocycles. The normalized spacial score (nSPS) is 16.6. The van der Waals surface area contributed by atoms with E-state index in [4.69, 9.17) is 5.11 Å². The summed E-state index contributed by atoms with van der Waals surface area (Å²) in [6.07, 6.45) is 3.25. The average molecular weight is 256 g/mol. The summed E-state index contributed by atoms with van der Waals surface area (Å²) >= 11 is 0. The lowest BCUT2D eigenvalue weighted by Crippen LogP contribution is -2.38. The lowest BCUT2D eigenvalue weighted by molar-refractivity contribution is -0.138. The number of amides is 1. The van der Waals surface area contributed by atoms with Crippen molar-refractivity contribution in [2.24, 2.45) is 11.8 Å². The second kappa shape index (κ2) is 7.36. The molecule has 0 aromatic carbocycles. The molecule has 1 rings (SSSR count). The number of hydrogen-bond acceptors (Lipinski definition) is 3. The van der Waals surface area contributed by atoms with Crippen molar-refractivity contribution in [2.75, 3.05) is 13.1 Å². The highest BCUT2D eigenvalue weighted by Gasteiger charge is 2.21. The molecule has 0 spiro atoms. The molecular formula is C13H24N2O3. The average Bonchev–Trinajstić information content (AvgIpc) is 3.05. The summed E-state index contributed by atoms with van der Waals surface area (Å²) in [6, 6.07) is 0.515. The number of rotatable bonds is 9. The van der Waals surface area contributed by atoms with Gasteiger partial charge in [-0.3, -0.25) is 9.59 Å². The van der Waals surface area contributed by atoms with Gasteiger partial charge in [0.05, 0.1) is 6.54 Å². The van der Waals surface area contributed by atoms with Crippen LogP contribution < -0.4 is 10.6 Å². The Balaban J connectivity index is 2.20. The molecule has 0 aliphatic heterocycles. The minimum absolute atomic E-state index is 0.0207. The van der Waals surface area contributed by atoms with Crippen LogP contribution in [-0.2, 0) is 9.59 Å². The molecule has 5 heteroatoms. The summed E-state index contributed by atoms with van der Waals surface area (Å²) in [5, 5.41) is 14.8. The van der Waals surface area contributed by atoms with Crippen molar-refractivity contribution in [1.82, 2.24) is 10.6 Å². The maximum atomic E-state index is 11.5. The summed E-state index contributed by atoms with van der Waals surface area (Å²) in [5.41, 5.74) is 0. The monoisotopic (exact) mass is 256 g/mol. The first kappa shape index (κ1) is 15.0. The second-order valence-corrected chi connectivity index (χ2v) is 5.55. The highest BCUT2D eigenvalue weighted by atomic mass is 16.4. The lowest BCUT2D eigenvalue weighted by Gasteiger charge is -2.17. The summed E-state index contributed by atoms with van der Waals surface area (Å²) < 4.78 is 0. The first-order chi connectivity index (χ1) is 8.47. The van der Waals surface area contributed by atoms with Crippen LogP contribution in [0.1, 0.15) is 39.5 Å². The molecule has 3 N–H and O–H groups in total. The maximum absolute atomic E-state index is 11.5. The smallest absolute Gasteiger partial charge is 0.303 e. The van der Waals surface area contributed by atoms with Gasteiger partial charge in [0.1, 0.15) is 0 Å². The van der Waals surface area contributed by atoms with Crippen molar-refractivity contribution in [3.05, 3.63) is 0 Å². The third-order valence-electron chi connectivity index (χ3n) is 2.98. The van der Waals surface area contributed by atoms with Crippen LogP contribution in [0.3, 0.4) is 0 Å². The largest absolute Gasteiger partial charge is 0.481 e. The van der Waals surface area contributed by atoms with E-state index in [-0.39, 0.29) is 18.2 Å². The van der Waals surface area contributed by atoms with E-state index in [2.05, 4.69) is 24.5 Å². The highest BCUT2D eigenvalue weighted by Crippen LogP contribution is 2.18. The number of hydrogen-bond donors (Lipinski definition) is 3. The summed E-state index contributed by atoms with van der Waals surface area (Å²) in [7, 11) is 0. The van der Waals surface area contributed by atoms with Gasteiger partial charge in [-0.1, -0.05) is 13.8 Å². The van der Waals surface area contributed by atoms with Crippen LogP contribution in [0.2, 0.25) is 0 Å². The van der Waals surface area contributed by atoms with E-state index in [0.717, 1.165) is 19.3 Å². The zero-order valence-electron chi connectivity index (χ0n) is 11.2. The van der Waals surface area contributed by atoms with Crippen molar-refractivity contribution in [2.45, 2.75) is 45.6 Å². The van der Waals surface area contributed by atoms with Gasteiger partial charge in [0, 0.05) is 19.0 Å². The molecule has 1 amide bonds. The van der Waals surface area contributed by atoms with Gasteiger partial charge in [0.2, 0.25) is 5.91 Å². The predicted octanol–water partition coefficient (Wildman–Crippen LogP) is 0.992. The lowest BCUT2D eigenvalue weighted by atomic mass is 9.94. The Morgan fingerprint density at radius 1 is 1.33 bits per heavy atom. The third kappa shape index (κ3) is 7.27. The van der Waals surface area contributed by atoms with E-state index >= 15 is 0 Å². The van der Waals surface area contributed by atoms with E-state index in [9.17, 15) is 9.59 Å². The van der Waals surface area contributed by atoms with Crippen molar-refractivity contribution in [1.29, 1.82) is 0 Å². The van der Waals surface area contributed by atoms with Gasteiger partial charge >= 0.3 is 5.97 Å². The molecule has 0 aromatic rings. The zero-order chi connectivity index (χ0) is 13.5. The fourth-order valence-corrected chi connectivity index (χ4v) is 2.00. The first-order valence-corrected chi connectivity index (χ1v) is 6.69. The van der Waals surface area contributed by atoms with E-state index < -0.39 is 5.97 Å². The molecule has 18 heavy (non-hydrogen) atoms. The van der Waals surface area contributed by atoms with E-state index in [1.807, 2.05) is 0 Å². The second-order valence-electron chi connectivity index (χ2n) is 5.55. The van der Waals surface area contributed by atoms with E-state index in [1.165, 1.54) is 0 Å². The predicted molar refractivity (Wildman–Crippen MR) is 69.2 cm³/mol. The Kier molecular flexibility index (Phi) is 6.12. The molecule has 1 aliphatic carbocycles. The van der Waals surface area contributed by atoms with Gasteiger partial charge in [-0.15, -0.1) is 0 Å². The van der Waals surface area contributed by atoms with Crippen molar-refractivity contribution in [3.8, 4) is 0 Å². The molecule has 0 aromatic heterocycles. The van der Waals surface area contributed by atoms with Crippen LogP contribution in [0, 0.1) is 11.8 Å². The Hall–Kier alpha value is -1.10. The highest BCUT2D eigenvalue weighted by molar-refractivity contribution is 5.78. The van der Waals surface area contributed by atoms with Crippen LogP contribution in [0.15, 0.2) is 0 Å². The summed E-state index contributed by atoms with van der Waals surface area (Å²) in [5.74, 6) is -0.379. The van der Waals surface area contributed by atoms with Crippen LogP contribution in [-0.4, -0.2) is 36.1 Å². The minimum Gasteiger partial charge on any atom is -0.481 e. The molecule has 1 unspecified atom stereocenters. The third-order valence-corrected chi connectivity index (χ3v) is 2.98. The van der Waals surface area contributed by atoms with Crippen LogP contribution in [0.5, 0.6) is 0 Å². The molecule has 1 atom stereocenters. The van der Waals surface area contributed by atoms with Crippen LogP contribution in [0.4, 0.5) is 0 Å². The number of carbonyl (C=O) groups is 2. The Morgan fingerprint density at radius 3 is 2.50 bits per heavy atom. The molecule has 0 saturated heterocycles. The summed E-state index contributed by atoms with van der Waals surface area (Å²) in [4.78, 5) is 22.3. The topological polar surface area (TPSA) is 78.4 Å². The van der Waals surface area contributed by atoms with Crippen molar-refractivity contribution >= 4 is 11.9 Å². The van der Waals surface area contributed by atoms with Gasteiger partial charge in [0.15, 0.2) is 0 Å². The summed E-state index contributed by atoms with van der Waals surface area (Å²) in [6.45, 7) is 4.92. The Labute approximate surface area is 108 Å². The quantitative estimate of drug-likeness (QED) is 0.575. The zero-order valence-corrected chi connectivity index (χ0v) is 11.2. The molecule has 0 heterocycles. The Morgan fingerprint density at radius 2 is 2.00 bits per heavy atom. The molecular weight excluding hydrogens is 232 g/mol. The van der Waals surface area contributed by atoms with Gasteiger partial charge in [-0.2, -0.15) is 0 Å². The number of carboxylic acid groups (broad SMARTS) is 1. The first-order valence-electron chi connectivity index (χ1n) is 6.69. The molecule has 0 radical (unpaired) electrons. The van der Waals surface area contributed by atoms with Crippen molar-refractivity contribution in [3.63, 3.8) is 0 Å². The van der Waals surface area contributed by atoms with E-state index in [1.54, 1.807) is 0 Å².